The Labute approximate surface area is 130 Å². The molecule has 6 heteroatoms. The van der Waals surface area contributed by atoms with E-state index < -0.39 is 5.97 Å². The van der Waals surface area contributed by atoms with Gasteiger partial charge in [-0.3, -0.25) is 0 Å². The molecule has 3 aromatic rings. The topological polar surface area (TPSA) is 63.3 Å². The Morgan fingerprint density at radius 3 is 2.70 bits per heavy atom. The van der Waals surface area contributed by atoms with Gasteiger partial charge in [-0.05, 0) is 46.3 Å². The van der Waals surface area contributed by atoms with E-state index in [0.29, 0.717) is 22.4 Å². The number of fused-ring (bicyclic) bond motifs is 1. The summed E-state index contributed by atoms with van der Waals surface area (Å²) in [5, 5.41) is 9.96. The SMILES string of the molecule is O=C(O)c1cc(-c2ccco2)nc2c(Br)cc(Br)cc12. The summed E-state index contributed by atoms with van der Waals surface area (Å²) in [6.07, 6.45) is 1.53. The molecule has 0 saturated carbocycles. The number of rotatable bonds is 2. The van der Waals surface area contributed by atoms with Crippen molar-refractivity contribution in [2.45, 2.75) is 0 Å². The second kappa shape index (κ2) is 5.03. The first-order valence-electron chi connectivity index (χ1n) is 5.63. The standard InChI is InChI=1S/C14H7Br2NO3/c15-7-4-8-9(14(18)19)6-11(12-2-1-3-20-12)17-13(8)10(16)5-7/h1-6H,(H,18,19). The van der Waals surface area contributed by atoms with Gasteiger partial charge in [-0.15, -0.1) is 0 Å². The largest absolute Gasteiger partial charge is 0.478 e. The Hall–Kier alpha value is -1.66. The van der Waals surface area contributed by atoms with E-state index in [-0.39, 0.29) is 5.56 Å². The third-order valence-electron chi connectivity index (χ3n) is 2.84. The number of benzene rings is 1. The van der Waals surface area contributed by atoms with E-state index >= 15 is 0 Å². The van der Waals surface area contributed by atoms with Crippen molar-refractivity contribution in [1.82, 2.24) is 4.98 Å². The number of nitrogens with zero attached hydrogens (tertiary/aromatic N) is 1. The molecule has 0 unspecified atom stereocenters. The molecule has 0 aliphatic heterocycles. The van der Waals surface area contributed by atoms with E-state index in [1.807, 2.05) is 6.07 Å². The number of pyridine rings is 1. The monoisotopic (exact) mass is 395 g/mol. The van der Waals surface area contributed by atoms with Crippen LogP contribution in [0.1, 0.15) is 10.4 Å². The van der Waals surface area contributed by atoms with Gasteiger partial charge in [0.25, 0.3) is 0 Å². The van der Waals surface area contributed by atoms with Crippen LogP contribution in [-0.2, 0) is 0 Å². The van der Waals surface area contributed by atoms with Crippen LogP contribution in [0.25, 0.3) is 22.4 Å². The number of carboxylic acids is 1. The fourth-order valence-electron chi connectivity index (χ4n) is 1.98. The number of aromatic nitrogens is 1. The molecule has 0 fully saturated rings. The van der Waals surface area contributed by atoms with Gasteiger partial charge in [0.2, 0.25) is 0 Å². The van der Waals surface area contributed by atoms with Gasteiger partial charge in [0.05, 0.1) is 17.3 Å². The van der Waals surface area contributed by atoms with Gasteiger partial charge in [-0.2, -0.15) is 0 Å². The summed E-state index contributed by atoms with van der Waals surface area (Å²) in [6, 6.07) is 8.56. The van der Waals surface area contributed by atoms with Crippen molar-refractivity contribution < 1.29 is 14.3 Å². The van der Waals surface area contributed by atoms with Crippen molar-refractivity contribution in [1.29, 1.82) is 0 Å². The second-order valence-electron chi connectivity index (χ2n) is 4.12. The minimum Gasteiger partial charge on any atom is -0.478 e. The van der Waals surface area contributed by atoms with Crippen LogP contribution in [0.15, 0.2) is 50.0 Å². The molecular weight excluding hydrogens is 390 g/mol. The lowest BCUT2D eigenvalue weighted by Crippen LogP contribution is -2.00. The number of carboxylic acid groups (broad SMARTS) is 1. The van der Waals surface area contributed by atoms with Crippen LogP contribution in [0.4, 0.5) is 0 Å². The lowest BCUT2D eigenvalue weighted by molar-refractivity contribution is 0.0699. The van der Waals surface area contributed by atoms with E-state index in [1.54, 1.807) is 18.2 Å². The summed E-state index contributed by atoms with van der Waals surface area (Å²) in [5.41, 5.74) is 1.26. The lowest BCUT2D eigenvalue weighted by atomic mass is 10.1. The molecule has 100 valence electrons. The zero-order valence-corrected chi connectivity index (χ0v) is 13.1. The highest BCUT2D eigenvalue weighted by Crippen LogP contribution is 2.32. The van der Waals surface area contributed by atoms with Gasteiger partial charge < -0.3 is 9.52 Å². The summed E-state index contributed by atoms with van der Waals surface area (Å²) < 4.78 is 6.79. The van der Waals surface area contributed by atoms with E-state index in [9.17, 15) is 9.90 Å². The Morgan fingerprint density at radius 1 is 1.25 bits per heavy atom. The number of hydrogen-bond acceptors (Lipinski definition) is 3. The van der Waals surface area contributed by atoms with Crippen LogP contribution in [0.3, 0.4) is 0 Å². The van der Waals surface area contributed by atoms with Crippen LogP contribution in [0.5, 0.6) is 0 Å². The zero-order valence-electron chi connectivity index (χ0n) is 9.93. The average molecular weight is 397 g/mol. The molecule has 1 N–H and O–H groups in total. The van der Waals surface area contributed by atoms with Gasteiger partial charge in [-0.1, -0.05) is 15.9 Å². The Kier molecular flexibility index (Phi) is 3.35. The van der Waals surface area contributed by atoms with Crippen molar-refractivity contribution in [2.75, 3.05) is 0 Å². The van der Waals surface area contributed by atoms with Crippen molar-refractivity contribution in [3.63, 3.8) is 0 Å². The van der Waals surface area contributed by atoms with Gasteiger partial charge in [0.1, 0.15) is 5.69 Å². The average Bonchev–Trinajstić information content (AvgIpc) is 2.91. The van der Waals surface area contributed by atoms with E-state index in [0.717, 1.165) is 8.95 Å². The van der Waals surface area contributed by atoms with Crippen LogP contribution in [0, 0.1) is 0 Å². The van der Waals surface area contributed by atoms with E-state index in [4.69, 9.17) is 4.42 Å². The first kappa shape index (κ1) is 13.3. The second-order valence-corrected chi connectivity index (χ2v) is 5.89. The lowest BCUT2D eigenvalue weighted by Gasteiger charge is -2.07. The maximum absolute atomic E-state index is 11.5. The van der Waals surface area contributed by atoms with E-state index in [1.165, 1.54) is 12.3 Å². The summed E-state index contributed by atoms with van der Waals surface area (Å²) in [4.78, 5) is 15.9. The molecule has 0 radical (unpaired) electrons. The molecule has 0 aliphatic rings. The minimum atomic E-state index is -1.00. The molecule has 20 heavy (non-hydrogen) atoms. The minimum absolute atomic E-state index is 0.184. The highest BCUT2D eigenvalue weighted by molar-refractivity contribution is 9.11. The maximum Gasteiger partial charge on any atom is 0.336 e. The van der Waals surface area contributed by atoms with Crippen LogP contribution >= 0.6 is 31.9 Å². The molecule has 2 aromatic heterocycles. The fraction of sp³-hybridized carbons (Fsp3) is 0. The molecule has 2 heterocycles. The van der Waals surface area contributed by atoms with Crippen molar-refractivity contribution in [3.05, 3.63) is 51.1 Å². The number of carbonyl (C=O) groups is 1. The zero-order chi connectivity index (χ0) is 14.3. The maximum atomic E-state index is 11.5. The molecule has 1 aromatic carbocycles. The normalized spacial score (nSPS) is 10.9. The van der Waals surface area contributed by atoms with Gasteiger partial charge >= 0.3 is 5.97 Å². The number of furan rings is 1. The number of halogens is 2. The summed E-state index contributed by atoms with van der Waals surface area (Å²) >= 11 is 6.77. The molecule has 3 rings (SSSR count). The Morgan fingerprint density at radius 2 is 2.05 bits per heavy atom. The van der Waals surface area contributed by atoms with Gasteiger partial charge in [0.15, 0.2) is 5.76 Å². The van der Waals surface area contributed by atoms with E-state index in [2.05, 4.69) is 36.8 Å². The molecule has 0 atom stereocenters. The summed E-state index contributed by atoms with van der Waals surface area (Å²) in [5.74, 6) is -0.473. The highest BCUT2D eigenvalue weighted by Gasteiger charge is 2.16. The predicted octanol–water partition coefficient (Wildman–Crippen LogP) is 4.72. The van der Waals surface area contributed by atoms with Crippen molar-refractivity contribution in [2.24, 2.45) is 0 Å². The summed E-state index contributed by atoms with van der Waals surface area (Å²) in [6.45, 7) is 0. The first-order chi connectivity index (χ1) is 9.56. The molecule has 0 spiro atoms. The molecule has 4 nitrogen and oxygen atoms in total. The van der Waals surface area contributed by atoms with Gasteiger partial charge in [0, 0.05) is 14.3 Å². The molecular formula is C14H7Br2NO3. The first-order valence-corrected chi connectivity index (χ1v) is 7.22. The molecule has 0 aliphatic carbocycles. The van der Waals surface area contributed by atoms with Crippen LogP contribution in [0.2, 0.25) is 0 Å². The number of aromatic carboxylic acids is 1. The third kappa shape index (κ3) is 2.25. The quantitative estimate of drug-likeness (QED) is 0.680. The van der Waals surface area contributed by atoms with Crippen LogP contribution in [-0.4, -0.2) is 16.1 Å². The predicted molar refractivity (Wildman–Crippen MR) is 81.8 cm³/mol. The van der Waals surface area contributed by atoms with Crippen molar-refractivity contribution in [3.8, 4) is 11.5 Å². The molecule has 0 bridgehead atoms. The Bertz CT molecular complexity index is 813. The third-order valence-corrected chi connectivity index (χ3v) is 3.90. The van der Waals surface area contributed by atoms with Crippen molar-refractivity contribution >= 4 is 48.7 Å². The molecule has 0 amide bonds. The highest BCUT2D eigenvalue weighted by atomic mass is 79.9. The fourth-order valence-corrected chi connectivity index (χ4v) is 3.29. The summed E-state index contributed by atoms with van der Waals surface area (Å²) in [7, 11) is 0. The molecule has 0 saturated heterocycles. The number of hydrogen-bond donors (Lipinski definition) is 1. The van der Waals surface area contributed by atoms with Gasteiger partial charge in [-0.25, -0.2) is 9.78 Å². The van der Waals surface area contributed by atoms with Crippen LogP contribution < -0.4 is 0 Å². The Balaban J connectivity index is 2.40. The smallest absolute Gasteiger partial charge is 0.336 e.